The first-order valence-electron chi connectivity index (χ1n) is 6.96. The molecule has 0 aliphatic heterocycles. The first-order chi connectivity index (χ1) is 9.60. The van der Waals surface area contributed by atoms with Crippen molar-refractivity contribution in [1.29, 1.82) is 0 Å². The second-order valence-electron chi connectivity index (χ2n) is 5.06. The van der Waals surface area contributed by atoms with Crippen molar-refractivity contribution in [2.24, 2.45) is 0 Å². The van der Waals surface area contributed by atoms with Crippen molar-refractivity contribution >= 4 is 0 Å². The number of nitrogens with one attached hydrogen (secondary N) is 1. The largest absolute Gasteiger partial charge is 0.485 e. The first kappa shape index (κ1) is 14.6. The molecule has 0 radical (unpaired) electrons. The molecule has 0 atom stereocenters. The molecule has 2 aromatic rings. The summed E-state index contributed by atoms with van der Waals surface area (Å²) in [6.45, 7) is 10.4. The Morgan fingerprint density at radius 3 is 2.40 bits per heavy atom. The van der Waals surface area contributed by atoms with Crippen molar-refractivity contribution in [3.63, 3.8) is 0 Å². The summed E-state index contributed by atoms with van der Waals surface area (Å²) in [4.78, 5) is 0. The van der Waals surface area contributed by atoms with Gasteiger partial charge in [-0.25, -0.2) is 0 Å². The molecule has 0 bridgehead atoms. The molecule has 0 saturated carbocycles. The van der Waals surface area contributed by atoms with Gasteiger partial charge in [0.2, 0.25) is 0 Å². The SMILES string of the molecule is CCNCc1cc(C)c(OCc2cc(C)no2)c(C)c1. The number of nitrogens with zero attached hydrogens (tertiary/aromatic N) is 1. The zero-order valence-corrected chi connectivity index (χ0v) is 12.6. The standard InChI is InChI=1S/C16H22N2O2/c1-5-17-9-14-6-11(2)16(12(3)7-14)19-10-15-8-13(4)18-20-15/h6-8,17H,5,9-10H2,1-4H3. The van der Waals surface area contributed by atoms with Gasteiger partial charge < -0.3 is 14.6 Å². The van der Waals surface area contributed by atoms with Crippen LogP contribution in [0, 0.1) is 20.8 Å². The maximum Gasteiger partial charge on any atom is 0.174 e. The van der Waals surface area contributed by atoms with Gasteiger partial charge in [-0.15, -0.1) is 0 Å². The summed E-state index contributed by atoms with van der Waals surface area (Å²) in [5, 5.41) is 7.19. The minimum atomic E-state index is 0.412. The van der Waals surface area contributed by atoms with Gasteiger partial charge in [-0.3, -0.25) is 0 Å². The quantitative estimate of drug-likeness (QED) is 0.878. The Morgan fingerprint density at radius 1 is 1.15 bits per heavy atom. The second-order valence-corrected chi connectivity index (χ2v) is 5.06. The molecule has 0 spiro atoms. The van der Waals surface area contributed by atoms with Crippen LogP contribution in [0.2, 0.25) is 0 Å². The number of rotatable bonds is 6. The van der Waals surface area contributed by atoms with E-state index in [4.69, 9.17) is 9.26 Å². The lowest BCUT2D eigenvalue weighted by Gasteiger charge is -2.13. The van der Waals surface area contributed by atoms with E-state index in [9.17, 15) is 0 Å². The van der Waals surface area contributed by atoms with Crippen LogP contribution in [0.1, 0.15) is 35.1 Å². The lowest BCUT2D eigenvalue weighted by atomic mass is 10.1. The van der Waals surface area contributed by atoms with Gasteiger partial charge in [0.05, 0.1) is 5.69 Å². The zero-order valence-electron chi connectivity index (χ0n) is 12.6. The summed E-state index contributed by atoms with van der Waals surface area (Å²) in [5.74, 6) is 1.68. The minimum absolute atomic E-state index is 0.412. The fourth-order valence-corrected chi connectivity index (χ4v) is 2.27. The molecular weight excluding hydrogens is 252 g/mol. The highest BCUT2D eigenvalue weighted by molar-refractivity contribution is 5.43. The van der Waals surface area contributed by atoms with E-state index in [1.54, 1.807) is 0 Å². The minimum Gasteiger partial charge on any atom is -0.485 e. The Bertz CT molecular complexity index is 553. The van der Waals surface area contributed by atoms with Gasteiger partial charge in [0.1, 0.15) is 12.4 Å². The lowest BCUT2D eigenvalue weighted by molar-refractivity contribution is 0.246. The Hall–Kier alpha value is -1.81. The van der Waals surface area contributed by atoms with Crippen molar-refractivity contribution < 1.29 is 9.26 Å². The summed E-state index contributed by atoms with van der Waals surface area (Å²) < 4.78 is 11.0. The fourth-order valence-electron chi connectivity index (χ4n) is 2.27. The van der Waals surface area contributed by atoms with Crippen LogP contribution in [0.3, 0.4) is 0 Å². The van der Waals surface area contributed by atoms with E-state index >= 15 is 0 Å². The van der Waals surface area contributed by atoms with Crippen molar-refractivity contribution in [3.05, 3.63) is 46.3 Å². The molecule has 1 N–H and O–H groups in total. The highest BCUT2D eigenvalue weighted by Crippen LogP contribution is 2.25. The van der Waals surface area contributed by atoms with Gasteiger partial charge in [-0.05, 0) is 44.0 Å². The molecule has 1 heterocycles. The normalized spacial score (nSPS) is 10.8. The molecule has 0 aliphatic carbocycles. The van der Waals surface area contributed by atoms with Crippen LogP contribution in [0.5, 0.6) is 5.75 Å². The van der Waals surface area contributed by atoms with Gasteiger partial charge in [0, 0.05) is 12.6 Å². The number of aryl methyl sites for hydroxylation is 3. The highest BCUT2D eigenvalue weighted by atomic mass is 16.5. The van der Waals surface area contributed by atoms with Crippen molar-refractivity contribution in [1.82, 2.24) is 10.5 Å². The molecule has 0 unspecified atom stereocenters. The van der Waals surface area contributed by atoms with Gasteiger partial charge in [0.15, 0.2) is 5.76 Å². The summed E-state index contributed by atoms with van der Waals surface area (Å²) in [5.41, 5.74) is 4.45. The van der Waals surface area contributed by atoms with Crippen LogP contribution in [0.4, 0.5) is 0 Å². The molecule has 1 aromatic heterocycles. The predicted octanol–water partition coefficient (Wildman–Crippen LogP) is 3.29. The van der Waals surface area contributed by atoms with Gasteiger partial charge in [-0.1, -0.05) is 24.2 Å². The van der Waals surface area contributed by atoms with Crippen molar-refractivity contribution in [2.45, 2.75) is 40.8 Å². The number of aromatic nitrogens is 1. The van der Waals surface area contributed by atoms with E-state index in [1.165, 1.54) is 5.56 Å². The second kappa shape index (κ2) is 6.57. The molecular formula is C16H22N2O2. The van der Waals surface area contributed by atoms with Gasteiger partial charge in [0.25, 0.3) is 0 Å². The summed E-state index contributed by atoms with van der Waals surface area (Å²) in [6.07, 6.45) is 0. The van der Waals surface area contributed by atoms with E-state index in [1.807, 2.05) is 13.0 Å². The summed E-state index contributed by atoms with van der Waals surface area (Å²) >= 11 is 0. The molecule has 0 saturated heterocycles. The maximum atomic E-state index is 5.87. The van der Waals surface area contributed by atoms with E-state index in [0.29, 0.717) is 6.61 Å². The molecule has 0 aliphatic rings. The Balaban J connectivity index is 2.07. The van der Waals surface area contributed by atoms with Crippen LogP contribution in [-0.4, -0.2) is 11.7 Å². The molecule has 2 rings (SSSR count). The predicted molar refractivity (Wildman–Crippen MR) is 78.9 cm³/mol. The first-order valence-corrected chi connectivity index (χ1v) is 6.96. The molecule has 4 nitrogen and oxygen atoms in total. The number of benzene rings is 1. The van der Waals surface area contributed by atoms with E-state index < -0.39 is 0 Å². The molecule has 20 heavy (non-hydrogen) atoms. The molecule has 0 amide bonds. The van der Waals surface area contributed by atoms with Crippen molar-refractivity contribution in [3.8, 4) is 5.75 Å². The number of ether oxygens (including phenoxy) is 1. The maximum absolute atomic E-state index is 5.87. The average molecular weight is 274 g/mol. The van der Waals surface area contributed by atoms with Crippen LogP contribution < -0.4 is 10.1 Å². The average Bonchev–Trinajstić information content (AvgIpc) is 2.81. The van der Waals surface area contributed by atoms with Gasteiger partial charge >= 0.3 is 0 Å². The smallest absolute Gasteiger partial charge is 0.174 e. The molecule has 0 fully saturated rings. The topological polar surface area (TPSA) is 47.3 Å². The van der Waals surface area contributed by atoms with Gasteiger partial charge in [-0.2, -0.15) is 0 Å². The van der Waals surface area contributed by atoms with E-state index in [0.717, 1.165) is 41.4 Å². The van der Waals surface area contributed by atoms with Crippen LogP contribution in [0.25, 0.3) is 0 Å². The van der Waals surface area contributed by atoms with Crippen LogP contribution >= 0.6 is 0 Å². The Labute approximate surface area is 120 Å². The lowest BCUT2D eigenvalue weighted by Crippen LogP contribution is -2.12. The van der Waals surface area contributed by atoms with Crippen LogP contribution in [-0.2, 0) is 13.2 Å². The van der Waals surface area contributed by atoms with E-state index in [2.05, 4.69) is 43.4 Å². The Morgan fingerprint density at radius 2 is 1.85 bits per heavy atom. The van der Waals surface area contributed by atoms with E-state index in [-0.39, 0.29) is 0 Å². The van der Waals surface area contributed by atoms with Crippen LogP contribution in [0.15, 0.2) is 22.7 Å². The molecule has 108 valence electrons. The summed E-state index contributed by atoms with van der Waals surface area (Å²) in [6, 6.07) is 6.22. The highest BCUT2D eigenvalue weighted by Gasteiger charge is 2.08. The monoisotopic (exact) mass is 274 g/mol. The zero-order chi connectivity index (χ0) is 14.5. The molecule has 1 aromatic carbocycles. The Kier molecular flexibility index (Phi) is 4.79. The number of hydrogen-bond acceptors (Lipinski definition) is 4. The van der Waals surface area contributed by atoms with Crippen molar-refractivity contribution in [2.75, 3.05) is 6.54 Å². The summed E-state index contributed by atoms with van der Waals surface area (Å²) in [7, 11) is 0. The number of hydrogen-bond donors (Lipinski definition) is 1. The third-order valence-corrected chi connectivity index (χ3v) is 3.13. The molecule has 4 heteroatoms. The fraction of sp³-hybridized carbons (Fsp3) is 0.438. The third-order valence-electron chi connectivity index (χ3n) is 3.13. The third kappa shape index (κ3) is 3.61.